The number of carbonyl (C=O) groups excluding carboxylic acids is 2. The Kier molecular flexibility index (Phi) is 8.75. The molecule has 10 heteroatoms. The number of likely N-dealkylation sites (tertiary alicyclic amines) is 1. The molecule has 39 heavy (non-hydrogen) atoms. The lowest BCUT2D eigenvalue weighted by atomic mass is 9.58. The largest absolute Gasteiger partial charge is 0.504 e. The highest BCUT2D eigenvalue weighted by atomic mass is 127. The van der Waals surface area contributed by atoms with E-state index >= 15 is 0 Å². The van der Waals surface area contributed by atoms with Crippen LogP contribution in [0.3, 0.4) is 0 Å². The van der Waals surface area contributed by atoms with Gasteiger partial charge in [0.05, 0.1) is 35.2 Å². The van der Waals surface area contributed by atoms with Gasteiger partial charge in [0.2, 0.25) is 11.8 Å². The number of carbonyl (C=O) groups is 2. The predicted octanol–water partition coefficient (Wildman–Crippen LogP) is 4.31. The van der Waals surface area contributed by atoms with Gasteiger partial charge < -0.3 is 24.6 Å². The molecule has 0 unspecified atom stereocenters. The number of amides is 2. The Hall–Kier alpha value is -1.89. The molecule has 0 bridgehead atoms. The van der Waals surface area contributed by atoms with Crippen LogP contribution in [0.25, 0.3) is 6.08 Å². The van der Waals surface area contributed by atoms with Crippen LogP contribution in [-0.4, -0.2) is 64.9 Å². The molecule has 8 nitrogen and oxygen atoms in total. The molecule has 1 saturated carbocycles. The summed E-state index contributed by atoms with van der Waals surface area (Å²) in [4.78, 5) is 28.8. The number of ether oxygens (including phenoxy) is 1. The molecule has 1 aromatic carbocycles. The number of aliphatic hydroxyl groups excluding tert-OH is 1. The Balaban J connectivity index is 1.37. The first kappa shape index (κ1) is 28.6. The molecule has 2 heterocycles. The number of phenols is 1. The van der Waals surface area contributed by atoms with Gasteiger partial charge in [-0.25, -0.2) is 0 Å². The third-order valence-corrected chi connectivity index (χ3v) is 9.78. The fourth-order valence-corrected chi connectivity index (χ4v) is 7.81. The highest BCUT2D eigenvalue weighted by molar-refractivity contribution is 14.1. The summed E-state index contributed by atoms with van der Waals surface area (Å²) < 4.78 is 12.0. The highest BCUT2D eigenvalue weighted by Gasteiger charge is 2.58. The number of fused-ring (bicyclic) bond motifs is 3. The minimum absolute atomic E-state index is 0.0275. The molecule has 3 N–H and O–H groups in total. The SMILES string of the molecule is COc1cc(/C=C(\C)CC[C@H]2OB(O)C[C@H]3C2=C(CO)C[C@H]2C(=O)N(C4CCCCC4)C(=O)[C@H]23)cc(I)c1O. The van der Waals surface area contributed by atoms with Crippen molar-refractivity contribution >= 4 is 47.6 Å². The lowest BCUT2D eigenvalue weighted by Crippen LogP contribution is -2.47. The maximum absolute atomic E-state index is 13.7. The predicted molar refractivity (Wildman–Crippen MR) is 156 cm³/mol. The second-order valence-corrected chi connectivity index (χ2v) is 12.6. The van der Waals surface area contributed by atoms with Crippen molar-refractivity contribution < 1.29 is 34.2 Å². The minimum Gasteiger partial charge on any atom is -0.504 e. The van der Waals surface area contributed by atoms with Crippen molar-refractivity contribution in [2.24, 2.45) is 17.8 Å². The van der Waals surface area contributed by atoms with E-state index in [0.29, 0.717) is 28.6 Å². The number of allylic oxidation sites excluding steroid dienone is 1. The van der Waals surface area contributed by atoms with Gasteiger partial charge in [-0.1, -0.05) is 30.9 Å². The number of benzene rings is 1. The molecule has 2 aliphatic heterocycles. The molecular weight excluding hydrogens is 612 g/mol. The van der Waals surface area contributed by atoms with E-state index in [0.717, 1.165) is 54.4 Å². The number of methoxy groups -OCH3 is 1. The van der Waals surface area contributed by atoms with Crippen molar-refractivity contribution in [2.75, 3.05) is 13.7 Å². The summed E-state index contributed by atoms with van der Waals surface area (Å²) in [7, 11) is 0.493. The number of nitrogens with zero attached hydrogens (tertiary/aromatic N) is 1. The summed E-state index contributed by atoms with van der Waals surface area (Å²) in [5.74, 6) is -0.936. The van der Waals surface area contributed by atoms with Gasteiger partial charge in [-0.3, -0.25) is 14.5 Å². The van der Waals surface area contributed by atoms with Crippen LogP contribution in [0.4, 0.5) is 0 Å². The van der Waals surface area contributed by atoms with E-state index < -0.39 is 25.1 Å². The Morgan fingerprint density at radius 2 is 1.95 bits per heavy atom. The second-order valence-electron chi connectivity index (χ2n) is 11.4. The van der Waals surface area contributed by atoms with E-state index in [4.69, 9.17) is 9.39 Å². The molecule has 1 aromatic rings. The number of imide groups is 1. The maximum Gasteiger partial charge on any atom is 0.455 e. The Morgan fingerprint density at radius 3 is 2.64 bits per heavy atom. The van der Waals surface area contributed by atoms with Gasteiger partial charge in [0, 0.05) is 6.04 Å². The number of aromatic hydroxyl groups is 1. The Morgan fingerprint density at radius 1 is 1.21 bits per heavy atom. The van der Waals surface area contributed by atoms with Crippen LogP contribution in [0.15, 0.2) is 28.9 Å². The zero-order valence-electron chi connectivity index (χ0n) is 22.6. The summed E-state index contributed by atoms with van der Waals surface area (Å²) in [6.07, 6.45) is 8.39. The van der Waals surface area contributed by atoms with Crippen molar-refractivity contribution in [3.8, 4) is 11.5 Å². The average Bonchev–Trinajstić information content (AvgIpc) is 3.18. The molecule has 2 aliphatic carbocycles. The quantitative estimate of drug-likeness (QED) is 0.175. The van der Waals surface area contributed by atoms with Crippen LogP contribution in [0, 0.1) is 21.3 Å². The van der Waals surface area contributed by atoms with Crippen molar-refractivity contribution in [1.29, 1.82) is 0 Å². The van der Waals surface area contributed by atoms with Crippen LogP contribution >= 0.6 is 22.6 Å². The lowest BCUT2D eigenvalue weighted by Gasteiger charge is -2.43. The van der Waals surface area contributed by atoms with Gasteiger partial charge in [0.25, 0.3) is 0 Å². The first-order valence-electron chi connectivity index (χ1n) is 14.0. The van der Waals surface area contributed by atoms with E-state index in [1.165, 1.54) is 7.11 Å². The van der Waals surface area contributed by atoms with E-state index in [2.05, 4.69) is 22.6 Å². The molecule has 2 amide bonds. The minimum atomic E-state index is -1.03. The van der Waals surface area contributed by atoms with Gasteiger partial charge in [-0.15, -0.1) is 0 Å². The van der Waals surface area contributed by atoms with E-state index in [1.807, 2.05) is 19.1 Å². The summed E-state index contributed by atoms with van der Waals surface area (Å²) >= 11 is 2.07. The van der Waals surface area contributed by atoms with Crippen LogP contribution < -0.4 is 4.74 Å². The van der Waals surface area contributed by atoms with E-state index in [-0.39, 0.29) is 42.5 Å². The molecule has 0 radical (unpaired) electrons. The molecule has 2 saturated heterocycles. The maximum atomic E-state index is 13.7. The molecule has 0 spiro atoms. The zero-order valence-corrected chi connectivity index (χ0v) is 24.7. The summed E-state index contributed by atoms with van der Waals surface area (Å²) in [6.45, 7) is 1.83. The standard InChI is InChI=1S/C29H37BINO7/c1-16(10-17-11-22(31)27(34)24(12-17)38-2)8-9-23-25-18(15-33)13-20-26(21(25)14-30(37)39-23)29(36)32(28(20)35)19-6-4-3-5-7-19/h10-12,19-21,23,26,33-34,37H,3-9,13-15H2,1-2H3/b16-10+/t20-,21+,23-,26-/m1/s1. The fraction of sp³-hybridized carbons (Fsp3) is 0.586. The highest BCUT2D eigenvalue weighted by Crippen LogP contribution is 2.51. The van der Waals surface area contributed by atoms with Gasteiger partial charge in [0.1, 0.15) is 0 Å². The van der Waals surface area contributed by atoms with Gasteiger partial charge in [-0.05, 0) is 103 Å². The smallest absolute Gasteiger partial charge is 0.455 e. The van der Waals surface area contributed by atoms with E-state index in [9.17, 15) is 24.8 Å². The Labute approximate surface area is 243 Å². The summed E-state index contributed by atoms with van der Waals surface area (Å²) in [5.41, 5.74) is 3.67. The molecule has 210 valence electrons. The van der Waals surface area contributed by atoms with Crippen LogP contribution in [0.1, 0.15) is 63.9 Å². The zero-order chi connectivity index (χ0) is 27.8. The lowest BCUT2D eigenvalue weighted by molar-refractivity contribution is -0.143. The molecule has 4 aliphatic rings. The third-order valence-electron chi connectivity index (χ3n) is 8.96. The van der Waals surface area contributed by atoms with Crippen LogP contribution in [-0.2, 0) is 14.2 Å². The second kappa shape index (κ2) is 11.9. The number of rotatable bonds is 7. The fourth-order valence-electron chi connectivity index (χ4n) is 7.18. The normalized spacial score (nSPS) is 28.2. The van der Waals surface area contributed by atoms with Crippen molar-refractivity contribution in [3.05, 3.63) is 38.0 Å². The first-order chi connectivity index (χ1) is 18.7. The number of phenolic OH excluding ortho intramolecular Hbond substituents is 1. The summed E-state index contributed by atoms with van der Waals surface area (Å²) in [5, 5.41) is 31.2. The summed E-state index contributed by atoms with van der Waals surface area (Å²) in [6, 6.07) is 3.64. The average molecular weight is 649 g/mol. The molecule has 3 fully saturated rings. The number of halogens is 1. The number of hydrogen-bond acceptors (Lipinski definition) is 7. The van der Waals surface area contributed by atoms with Crippen LogP contribution in [0.2, 0.25) is 6.32 Å². The molecular formula is C29H37BINO7. The van der Waals surface area contributed by atoms with Crippen LogP contribution in [0.5, 0.6) is 11.5 Å². The van der Waals surface area contributed by atoms with Crippen molar-refractivity contribution in [1.82, 2.24) is 4.90 Å². The Bertz CT molecular complexity index is 1190. The van der Waals surface area contributed by atoms with Crippen molar-refractivity contribution in [3.63, 3.8) is 0 Å². The van der Waals surface area contributed by atoms with Crippen molar-refractivity contribution in [2.45, 2.75) is 76.8 Å². The topological polar surface area (TPSA) is 117 Å². The number of aliphatic hydroxyl groups is 1. The monoisotopic (exact) mass is 649 g/mol. The number of hydrogen-bond donors (Lipinski definition) is 3. The first-order valence-corrected chi connectivity index (χ1v) is 15.1. The molecule has 0 aromatic heterocycles. The van der Waals surface area contributed by atoms with Gasteiger partial charge in [-0.2, -0.15) is 0 Å². The van der Waals surface area contributed by atoms with Gasteiger partial charge in [0.15, 0.2) is 11.5 Å². The molecule has 5 rings (SSSR count). The molecule has 4 atom stereocenters. The van der Waals surface area contributed by atoms with Gasteiger partial charge >= 0.3 is 7.12 Å². The van der Waals surface area contributed by atoms with E-state index in [1.54, 1.807) is 11.0 Å². The third kappa shape index (κ3) is 5.54.